The van der Waals surface area contributed by atoms with Crippen LogP contribution in [0.2, 0.25) is 5.02 Å². The normalized spacial score (nSPS) is 22.1. The Morgan fingerprint density at radius 2 is 2.00 bits per heavy atom. The van der Waals surface area contributed by atoms with Crippen molar-refractivity contribution in [2.24, 2.45) is 4.99 Å². The minimum Gasteiger partial charge on any atom is -0.326 e. The summed E-state index contributed by atoms with van der Waals surface area (Å²) >= 11 is 7.73. The highest BCUT2D eigenvalue weighted by atomic mass is 35.5. The van der Waals surface area contributed by atoms with Crippen molar-refractivity contribution < 1.29 is 26.0 Å². The van der Waals surface area contributed by atoms with Gasteiger partial charge in [0.05, 0.1) is 11.4 Å². The Labute approximate surface area is 223 Å². The van der Waals surface area contributed by atoms with E-state index in [4.69, 9.17) is 16.6 Å². The van der Waals surface area contributed by atoms with Gasteiger partial charge in [-0.2, -0.15) is 9.78 Å². The number of thiazole rings is 1. The van der Waals surface area contributed by atoms with Crippen molar-refractivity contribution in [1.29, 1.82) is 0 Å². The number of hydrogen-bond donors (Lipinski definition) is 1. The van der Waals surface area contributed by atoms with Crippen molar-refractivity contribution in [1.82, 2.24) is 24.4 Å². The van der Waals surface area contributed by atoms with Gasteiger partial charge in [-0.05, 0) is 30.5 Å². The maximum atomic E-state index is 13.9. The number of nitrogens with zero attached hydrogens (tertiary/aromatic N) is 5. The quantitative estimate of drug-likeness (QED) is 0.424. The van der Waals surface area contributed by atoms with Crippen LogP contribution in [0, 0.1) is 5.82 Å². The molecule has 0 spiro atoms. The van der Waals surface area contributed by atoms with Gasteiger partial charge in [-0.3, -0.25) is 4.99 Å². The van der Waals surface area contributed by atoms with E-state index in [9.17, 15) is 26.0 Å². The molecule has 2 fully saturated rings. The van der Waals surface area contributed by atoms with E-state index in [2.05, 4.69) is 14.8 Å². The van der Waals surface area contributed by atoms with E-state index in [0.717, 1.165) is 18.5 Å². The van der Waals surface area contributed by atoms with Crippen LogP contribution in [0.3, 0.4) is 0 Å². The number of alkyl halides is 3. The summed E-state index contributed by atoms with van der Waals surface area (Å²) in [5.41, 5.74) is 1.47. The van der Waals surface area contributed by atoms with Crippen LogP contribution in [0.4, 0.5) is 17.6 Å². The summed E-state index contributed by atoms with van der Waals surface area (Å²) < 4.78 is 82.3. The lowest BCUT2D eigenvalue weighted by atomic mass is 9.91. The summed E-state index contributed by atoms with van der Waals surface area (Å²) in [6.45, 7) is 0.209. The maximum Gasteiger partial charge on any atom is 0.504 e. The highest BCUT2D eigenvalue weighted by Gasteiger charge is 2.44. The van der Waals surface area contributed by atoms with E-state index in [1.54, 1.807) is 16.5 Å². The average molecular weight is 587 g/mol. The number of aliphatic imine (C=N–C) groups is 1. The number of fused-ring (bicyclic) bond motifs is 1. The second-order valence-electron chi connectivity index (χ2n) is 9.23. The molecule has 4 heterocycles. The molecule has 38 heavy (non-hydrogen) atoms. The zero-order chi connectivity index (χ0) is 26.8. The van der Waals surface area contributed by atoms with Crippen LogP contribution in [0.15, 0.2) is 52.9 Å². The number of benzene rings is 1. The van der Waals surface area contributed by atoms with E-state index in [-0.39, 0.29) is 28.2 Å². The highest BCUT2D eigenvalue weighted by Crippen LogP contribution is 2.47. The third-order valence-corrected chi connectivity index (χ3v) is 9.70. The fraction of sp³-hybridized carbons (Fsp3) is 0.348. The van der Waals surface area contributed by atoms with Crippen LogP contribution in [0.1, 0.15) is 41.4 Å². The van der Waals surface area contributed by atoms with Crippen LogP contribution < -0.4 is 4.72 Å². The topological polar surface area (TPSA) is 92.5 Å². The summed E-state index contributed by atoms with van der Waals surface area (Å²) in [5, 5.41) is 5.41. The Morgan fingerprint density at radius 1 is 1.21 bits per heavy atom. The molecule has 1 aliphatic carbocycles. The van der Waals surface area contributed by atoms with Gasteiger partial charge >= 0.3 is 6.30 Å². The zero-order valence-corrected chi connectivity index (χ0v) is 21.7. The number of rotatable bonds is 6. The fourth-order valence-corrected chi connectivity index (χ4v) is 7.27. The average Bonchev–Trinajstić information content (AvgIpc) is 3.20. The van der Waals surface area contributed by atoms with Gasteiger partial charge in [0.25, 0.3) is 0 Å². The molecule has 1 saturated carbocycles. The minimum atomic E-state index is -4.74. The van der Waals surface area contributed by atoms with Gasteiger partial charge in [0.2, 0.25) is 10.0 Å². The van der Waals surface area contributed by atoms with Crippen molar-refractivity contribution in [3.8, 4) is 0 Å². The molecule has 8 nitrogen and oxygen atoms in total. The third-order valence-electron chi connectivity index (χ3n) is 6.59. The smallest absolute Gasteiger partial charge is 0.326 e. The van der Waals surface area contributed by atoms with Gasteiger partial charge in [0.15, 0.2) is 10.8 Å². The highest BCUT2D eigenvalue weighted by molar-refractivity contribution is 7.90. The molecule has 2 atom stereocenters. The molecule has 0 unspecified atom stereocenters. The predicted molar refractivity (Wildman–Crippen MR) is 133 cm³/mol. The molecule has 3 aromatic rings. The molecular formula is C23H19ClF4N6O2S2. The van der Waals surface area contributed by atoms with E-state index in [1.807, 2.05) is 0 Å². The second kappa shape index (κ2) is 9.14. The number of hydrogen-bond acceptors (Lipinski definition) is 7. The Bertz CT molecular complexity index is 1560. The van der Waals surface area contributed by atoms with Gasteiger partial charge in [-0.25, -0.2) is 22.5 Å². The van der Waals surface area contributed by atoms with E-state index in [0.29, 0.717) is 40.5 Å². The van der Waals surface area contributed by atoms with E-state index in [1.165, 1.54) is 23.5 Å². The molecule has 200 valence electrons. The van der Waals surface area contributed by atoms with Crippen molar-refractivity contribution in [3.63, 3.8) is 0 Å². The van der Waals surface area contributed by atoms with Crippen molar-refractivity contribution in [2.45, 2.75) is 42.9 Å². The predicted octanol–water partition coefficient (Wildman–Crippen LogP) is 4.68. The van der Waals surface area contributed by atoms with Crippen LogP contribution in [0.5, 0.6) is 0 Å². The van der Waals surface area contributed by atoms with Gasteiger partial charge in [-0.1, -0.05) is 17.7 Å². The molecule has 15 heteroatoms. The minimum absolute atomic E-state index is 0.0518. The maximum absolute atomic E-state index is 13.9. The summed E-state index contributed by atoms with van der Waals surface area (Å²) in [6, 6.07) is 2.30. The molecule has 3 aliphatic rings. The lowest BCUT2D eigenvalue weighted by Gasteiger charge is -2.32. The molecule has 2 aromatic heterocycles. The van der Waals surface area contributed by atoms with Crippen molar-refractivity contribution in [2.75, 3.05) is 6.54 Å². The second-order valence-corrected chi connectivity index (χ2v) is 12.5. The van der Waals surface area contributed by atoms with Gasteiger partial charge in [0.1, 0.15) is 11.9 Å². The van der Waals surface area contributed by atoms with Crippen molar-refractivity contribution >= 4 is 44.4 Å². The first kappa shape index (κ1) is 25.5. The van der Waals surface area contributed by atoms with Crippen LogP contribution in [-0.2, 0) is 16.3 Å². The standard InChI is InChI=1S/C23H19ClF4N6O2S2/c24-17-7-13(25)1-4-16(17)20-19(12-9-30-34(10-12)23(26,27)28)18-8-14(32-38(35,36)15-2-3-15)11-33(18)21(31-20)22-29-5-6-37-22/h1,4-7,9-10,14-15,20,32H,2-3,8,11H2/t14-,20-/m0/s1. The monoisotopic (exact) mass is 586 g/mol. The number of aromatic nitrogens is 3. The van der Waals surface area contributed by atoms with Gasteiger partial charge < -0.3 is 4.90 Å². The Kier molecular flexibility index (Phi) is 6.13. The molecule has 0 bridgehead atoms. The number of nitrogens with one attached hydrogen (secondary N) is 1. The molecule has 2 aliphatic heterocycles. The van der Waals surface area contributed by atoms with E-state index < -0.39 is 39.5 Å². The third kappa shape index (κ3) is 4.63. The fourth-order valence-electron chi connectivity index (χ4n) is 4.79. The lowest BCUT2D eigenvalue weighted by molar-refractivity contribution is -0.212. The molecule has 1 aromatic carbocycles. The summed E-state index contributed by atoms with van der Waals surface area (Å²) in [4.78, 5) is 11.0. The SMILES string of the molecule is O=S(=O)(N[C@H]1CC2=C(c3cnn(C(F)(F)F)c3)[C@H](c3ccc(F)cc3Cl)N=C(c3nccs3)N2C1)C1CC1. The molecule has 0 radical (unpaired) electrons. The molecule has 1 N–H and O–H groups in total. The summed E-state index contributed by atoms with van der Waals surface area (Å²) in [6.07, 6.45) is 0.172. The number of halogens is 5. The van der Waals surface area contributed by atoms with E-state index >= 15 is 0 Å². The van der Waals surface area contributed by atoms with Crippen LogP contribution in [0.25, 0.3) is 5.57 Å². The first-order valence-corrected chi connectivity index (χ1v) is 14.4. The molecule has 0 amide bonds. The van der Waals surface area contributed by atoms with Gasteiger partial charge in [0, 0.05) is 58.6 Å². The largest absolute Gasteiger partial charge is 0.504 e. The number of amidine groups is 1. The Hall–Kier alpha value is -2.81. The molecule has 6 rings (SSSR count). The first-order chi connectivity index (χ1) is 18.0. The van der Waals surface area contributed by atoms with Gasteiger partial charge in [-0.15, -0.1) is 24.5 Å². The first-order valence-electron chi connectivity index (χ1n) is 11.6. The zero-order valence-electron chi connectivity index (χ0n) is 19.4. The Morgan fingerprint density at radius 3 is 2.63 bits per heavy atom. The lowest BCUT2D eigenvalue weighted by Crippen LogP contribution is -2.40. The Balaban J connectivity index is 1.52. The summed E-state index contributed by atoms with van der Waals surface area (Å²) in [5.74, 6) is -0.143. The van der Waals surface area contributed by atoms with Crippen molar-refractivity contribution in [3.05, 3.63) is 74.8 Å². The van der Waals surface area contributed by atoms with Crippen LogP contribution in [-0.4, -0.2) is 51.8 Å². The molecular weight excluding hydrogens is 568 g/mol. The molecule has 1 saturated heterocycles. The summed E-state index contributed by atoms with van der Waals surface area (Å²) in [7, 11) is -3.54. The van der Waals surface area contributed by atoms with Crippen LogP contribution >= 0.6 is 22.9 Å². The number of sulfonamides is 1.